The van der Waals surface area contributed by atoms with E-state index in [0.29, 0.717) is 11.3 Å². The number of amides is 2. The topological polar surface area (TPSA) is 90.0 Å². The molecule has 0 radical (unpaired) electrons. The average molecular weight is 478 g/mol. The van der Waals surface area contributed by atoms with Crippen LogP contribution in [0.4, 0.5) is 0 Å². The maximum atomic E-state index is 12.9. The van der Waals surface area contributed by atoms with Crippen LogP contribution in [0.3, 0.4) is 0 Å². The number of esters is 1. The van der Waals surface area contributed by atoms with Crippen molar-refractivity contribution in [2.45, 2.75) is 26.3 Å². The highest BCUT2D eigenvalue weighted by Gasteiger charge is 2.44. The first-order chi connectivity index (χ1) is 15.1. The highest BCUT2D eigenvalue weighted by molar-refractivity contribution is 6.43. The highest BCUT2D eigenvalue weighted by atomic mass is 35.5. The molecule has 0 saturated heterocycles. The summed E-state index contributed by atoms with van der Waals surface area (Å²) in [6, 6.07) is 7.85. The summed E-state index contributed by atoms with van der Waals surface area (Å²) in [5, 5.41) is 0.251. The van der Waals surface area contributed by atoms with E-state index in [9.17, 15) is 19.2 Å². The van der Waals surface area contributed by atoms with Crippen LogP contribution in [0.2, 0.25) is 10.0 Å². The Balaban J connectivity index is 1.80. The number of benzene rings is 2. The van der Waals surface area contributed by atoms with Crippen molar-refractivity contribution >= 4 is 46.8 Å². The van der Waals surface area contributed by atoms with E-state index in [2.05, 4.69) is 0 Å². The summed E-state index contributed by atoms with van der Waals surface area (Å²) in [5.41, 5.74) is 0.444. The number of nitrogens with zero attached hydrogens (tertiary/aromatic N) is 1. The number of fused-ring (bicyclic) bond motifs is 1. The fourth-order valence-electron chi connectivity index (χ4n) is 3.40. The normalized spacial score (nSPS) is 13.9. The first-order valence-electron chi connectivity index (χ1n) is 9.84. The predicted octanol–water partition coefficient (Wildman–Crippen LogP) is 4.44. The van der Waals surface area contributed by atoms with Gasteiger partial charge in [0.25, 0.3) is 11.8 Å². The highest BCUT2D eigenvalue weighted by Crippen LogP contribution is 2.33. The minimum Gasteiger partial charge on any atom is -0.497 e. The van der Waals surface area contributed by atoms with Crippen molar-refractivity contribution in [2.75, 3.05) is 13.7 Å². The van der Waals surface area contributed by atoms with Crippen molar-refractivity contribution in [3.05, 3.63) is 63.1 Å². The van der Waals surface area contributed by atoms with Crippen LogP contribution < -0.4 is 4.74 Å². The van der Waals surface area contributed by atoms with Gasteiger partial charge in [-0.2, -0.15) is 0 Å². The second kappa shape index (κ2) is 9.71. The molecule has 0 N–H and O–H groups in total. The number of Topliss-reactive ketones (excluding diaryl/α,β-unsaturated/α-hetero) is 1. The lowest BCUT2D eigenvalue weighted by atomic mass is 10.0. The Labute approximate surface area is 195 Å². The lowest BCUT2D eigenvalue weighted by Crippen LogP contribution is -2.46. The van der Waals surface area contributed by atoms with Gasteiger partial charge >= 0.3 is 5.97 Å². The van der Waals surface area contributed by atoms with Gasteiger partial charge in [-0.15, -0.1) is 0 Å². The molecule has 2 aromatic rings. The number of rotatable bonds is 8. The van der Waals surface area contributed by atoms with Gasteiger partial charge in [-0.25, -0.2) is 4.79 Å². The minimum atomic E-state index is -1.20. The molecule has 9 heteroatoms. The van der Waals surface area contributed by atoms with E-state index in [1.54, 1.807) is 18.2 Å². The number of hydrogen-bond acceptors (Lipinski definition) is 6. The fraction of sp³-hybridized carbons (Fsp3) is 0.304. The number of carbonyl (C=O) groups excluding carboxylic acids is 4. The molecule has 1 atom stereocenters. The van der Waals surface area contributed by atoms with Gasteiger partial charge in [-0.05, 0) is 36.6 Å². The van der Waals surface area contributed by atoms with E-state index in [0.717, 1.165) is 4.90 Å². The summed E-state index contributed by atoms with van der Waals surface area (Å²) < 4.78 is 10.3. The number of methoxy groups -OCH3 is 1. The first kappa shape index (κ1) is 23.8. The first-order valence-corrected chi connectivity index (χ1v) is 10.6. The smallest absolute Gasteiger partial charge is 0.329 e. The standard InChI is InChI=1S/C23H21Cl2NO6/c1-12(2)7-19(23(30)32-11-20(27)13-5-4-6-14(8-13)31-3)26-21(28)15-9-17(24)18(25)10-16(15)22(26)29/h4-6,8-10,12,19H,7,11H2,1-3H3/t19-/m1/s1. The molecule has 32 heavy (non-hydrogen) atoms. The van der Waals surface area contributed by atoms with Crippen LogP contribution in [0.15, 0.2) is 36.4 Å². The molecule has 0 aliphatic carbocycles. The molecule has 2 amide bonds. The number of imide groups is 1. The zero-order valence-corrected chi connectivity index (χ0v) is 19.2. The third kappa shape index (κ3) is 4.79. The van der Waals surface area contributed by atoms with E-state index in [1.165, 1.54) is 25.3 Å². The molecular weight excluding hydrogens is 457 g/mol. The molecule has 0 fully saturated rings. The average Bonchev–Trinajstić information content (AvgIpc) is 2.99. The van der Waals surface area contributed by atoms with Gasteiger partial charge in [0.2, 0.25) is 0 Å². The molecule has 0 aromatic heterocycles. The molecule has 7 nitrogen and oxygen atoms in total. The van der Waals surface area contributed by atoms with Gasteiger partial charge in [-0.3, -0.25) is 19.3 Å². The van der Waals surface area contributed by atoms with Gasteiger partial charge in [0, 0.05) is 5.56 Å². The van der Waals surface area contributed by atoms with Gasteiger partial charge < -0.3 is 9.47 Å². The Hall–Kier alpha value is -2.90. The molecule has 3 rings (SSSR count). The van der Waals surface area contributed by atoms with E-state index in [4.69, 9.17) is 32.7 Å². The Kier molecular flexibility index (Phi) is 7.21. The van der Waals surface area contributed by atoms with Crippen molar-refractivity contribution in [2.24, 2.45) is 5.92 Å². The van der Waals surface area contributed by atoms with Crippen molar-refractivity contribution in [3.8, 4) is 5.75 Å². The van der Waals surface area contributed by atoms with Crippen molar-refractivity contribution in [1.82, 2.24) is 4.90 Å². The Bertz CT molecular complexity index is 1060. The van der Waals surface area contributed by atoms with Crippen LogP contribution in [0.25, 0.3) is 0 Å². The van der Waals surface area contributed by atoms with Gasteiger partial charge in [0.1, 0.15) is 11.8 Å². The largest absolute Gasteiger partial charge is 0.497 e. The molecule has 1 aliphatic heterocycles. The van der Waals surface area contributed by atoms with Gasteiger partial charge in [0.15, 0.2) is 12.4 Å². The number of halogens is 2. The summed E-state index contributed by atoms with van der Waals surface area (Å²) in [7, 11) is 1.47. The second-order valence-electron chi connectivity index (χ2n) is 7.70. The lowest BCUT2D eigenvalue weighted by molar-refractivity contribution is -0.147. The van der Waals surface area contributed by atoms with Crippen LogP contribution in [0.1, 0.15) is 51.3 Å². The number of ether oxygens (including phenoxy) is 2. The van der Waals surface area contributed by atoms with Crippen molar-refractivity contribution in [1.29, 1.82) is 0 Å². The van der Waals surface area contributed by atoms with E-state index in [1.807, 2.05) is 13.8 Å². The number of ketones is 1. The zero-order chi connectivity index (χ0) is 23.6. The van der Waals surface area contributed by atoms with Gasteiger partial charge in [-0.1, -0.05) is 49.2 Å². The molecule has 168 valence electrons. The fourth-order valence-corrected chi connectivity index (χ4v) is 3.73. The maximum absolute atomic E-state index is 12.9. The van der Waals surface area contributed by atoms with Crippen LogP contribution in [-0.4, -0.2) is 48.2 Å². The third-order valence-corrected chi connectivity index (χ3v) is 5.70. The van der Waals surface area contributed by atoms with Crippen LogP contribution in [0, 0.1) is 5.92 Å². The molecule has 0 bridgehead atoms. The number of carbonyl (C=O) groups is 4. The van der Waals surface area contributed by atoms with E-state index in [-0.39, 0.29) is 33.5 Å². The minimum absolute atomic E-state index is 0.0434. The second-order valence-corrected chi connectivity index (χ2v) is 8.51. The van der Waals surface area contributed by atoms with Crippen LogP contribution in [0.5, 0.6) is 5.75 Å². The SMILES string of the molecule is COc1cccc(C(=O)COC(=O)[C@@H](CC(C)C)N2C(=O)c3cc(Cl)c(Cl)cc3C2=O)c1. The van der Waals surface area contributed by atoms with Crippen LogP contribution in [-0.2, 0) is 9.53 Å². The zero-order valence-electron chi connectivity index (χ0n) is 17.7. The Morgan fingerprint density at radius 1 is 1.00 bits per heavy atom. The van der Waals surface area contributed by atoms with Crippen molar-refractivity contribution in [3.63, 3.8) is 0 Å². The molecule has 0 unspecified atom stereocenters. The molecule has 1 aliphatic rings. The summed E-state index contributed by atoms with van der Waals surface area (Å²) in [6.07, 6.45) is 0.166. The molecule has 0 saturated carbocycles. The van der Waals surface area contributed by atoms with Crippen molar-refractivity contribution < 1.29 is 28.7 Å². The molecule has 2 aromatic carbocycles. The third-order valence-electron chi connectivity index (χ3n) is 4.97. The van der Waals surface area contributed by atoms with E-state index < -0.39 is 36.2 Å². The monoisotopic (exact) mass is 477 g/mol. The predicted molar refractivity (Wildman–Crippen MR) is 118 cm³/mol. The summed E-state index contributed by atoms with van der Waals surface area (Å²) in [6.45, 7) is 3.14. The van der Waals surface area contributed by atoms with Crippen LogP contribution >= 0.6 is 23.2 Å². The van der Waals surface area contributed by atoms with Gasteiger partial charge in [0.05, 0.1) is 28.3 Å². The molecule has 0 spiro atoms. The summed E-state index contributed by atoms with van der Waals surface area (Å²) >= 11 is 12.0. The summed E-state index contributed by atoms with van der Waals surface area (Å²) in [5.74, 6) is -2.17. The molecule has 1 heterocycles. The summed E-state index contributed by atoms with van der Waals surface area (Å²) in [4.78, 5) is 52.1. The Morgan fingerprint density at radius 3 is 2.12 bits per heavy atom. The lowest BCUT2D eigenvalue weighted by Gasteiger charge is -2.25. The maximum Gasteiger partial charge on any atom is 0.329 e. The number of hydrogen-bond donors (Lipinski definition) is 0. The van der Waals surface area contributed by atoms with E-state index >= 15 is 0 Å². The molecular formula is C23H21Cl2NO6. The Morgan fingerprint density at radius 2 is 1.59 bits per heavy atom. The quantitative estimate of drug-likeness (QED) is 0.317.